The number of aryl methyl sites for hydroxylation is 1. The van der Waals surface area contributed by atoms with E-state index in [0.29, 0.717) is 13.0 Å². The van der Waals surface area contributed by atoms with Gasteiger partial charge in [-0.3, -0.25) is 0 Å². The molecule has 2 unspecified atom stereocenters. The van der Waals surface area contributed by atoms with Crippen LogP contribution in [0.3, 0.4) is 0 Å². The first kappa shape index (κ1) is 16.4. The fourth-order valence-corrected chi connectivity index (χ4v) is 2.45. The molecule has 2 aromatic rings. The molecule has 0 aliphatic heterocycles. The van der Waals surface area contributed by atoms with E-state index in [9.17, 15) is 9.90 Å². The van der Waals surface area contributed by atoms with Crippen molar-refractivity contribution < 1.29 is 14.3 Å². The molecule has 2 amide bonds. The molecule has 2 atom stereocenters. The summed E-state index contributed by atoms with van der Waals surface area (Å²) in [7, 11) is 1.72. The number of nitrogens with one attached hydrogen (secondary N) is 1. The molecule has 1 heterocycles. The molecule has 2 N–H and O–H groups in total. The van der Waals surface area contributed by atoms with Crippen LogP contribution in [0.2, 0.25) is 0 Å². The third-order valence-corrected chi connectivity index (χ3v) is 3.84. The Bertz CT molecular complexity index is 648. The predicted octanol–water partition coefficient (Wildman–Crippen LogP) is 3.21. The average molecular weight is 304 g/mol. The first-order chi connectivity index (χ1) is 10.4. The molecule has 120 valence electrons. The minimum atomic E-state index is -0.412. The van der Waals surface area contributed by atoms with E-state index in [-0.39, 0.29) is 12.1 Å². The van der Waals surface area contributed by atoms with E-state index in [1.165, 1.54) is 0 Å². The minimum Gasteiger partial charge on any atom is -0.459 e. The molecule has 5 heteroatoms. The van der Waals surface area contributed by atoms with Crippen molar-refractivity contribution in [2.75, 3.05) is 13.6 Å². The number of carbonyl (C=O) groups is 1. The van der Waals surface area contributed by atoms with Crippen LogP contribution in [-0.2, 0) is 0 Å². The number of nitrogens with zero attached hydrogens (tertiary/aromatic N) is 1. The van der Waals surface area contributed by atoms with E-state index >= 15 is 0 Å². The van der Waals surface area contributed by atoms with Crippen molar-refractivity contribution in [2.24, 2.45) is 0 Å². The smallest absolute Gasteiger partial charge is 0.317 e. The Morgan fingerprint density at radius 2 is 2.05 bits per heavy atom. The second-order valence-electron chi connectivity index (χ2n) is 5.82. The highest BCUT2D eigenvalue weighted by Gasteiger charge is 2.19. The highest BCUT2D eigenvalue weighted by Crippen LogP contribution is 2.29. The fourth-order valence-electron chi connectivity index (χ4n) is 2.45. The van der Waals surface area contributed by atoms with Gasteiger partial charge in [-0.1, -0.05) is 18.2 Å². The summed E-state index contributed by atoms with van der Waals surface area (Å²) in [6.45, 7) is 6.13. The van der Waals surface area contributed by atoms with Gasteiger partial charge in [0.15, 0.2) is 0 Å². The van der Waals surface area contributed by atoms with Gasteiger partial charge in [0, 0.05) is 24.5 Å². The molecule has 0 aliphatic rings. The Kier molecular flexibility index (Phi) is 5.08. The number of urea groups is 1. The Hall–Kier alpha value is -2.01. The number of rotatable bonds is 5. The van der Waals surface area contributed by atoms with Crippen molar-refractivity contribution in [3.8, 4) is 0 Å². The van der Waals surface area contributed by atoms with Gasteiger partial charge >= 0.3 is 6.03 Å². The van der Waals surface area contributed by atoms with E-state index in [1.54, 1.807) is 18.9 Å². The number of fused-ring (bicyclic) bond motifs is 1. The summed E-state index contributed by atoms with van der Waals surface area (Å²) in [6.07, 6.45) is 0.146. The SMILES string of the molecule is Cc1c(C(C)NC(=O)N(C)CCC(C)O)oc2ccccc12. The largest absolute Gasteiger partial charge is 0.459 e. The molecule has 0 fully saturated rings. The van der Waals surface area contributed by atoms with Gasteiger partial charge in [0.05, 0.1) is 12.1 Å². The molecule has 5 nitrogen and oxygen atoms in total. The number of hydrogen-bond donors (Lipinski definition) is 2. The molecule has 22 heavy (non-hydrogen) atoms. The Labute approximate surface area is 130 Å². The molecule has 0 spiro atoms. The summed E-state index contributed by atoms with van der Waals surface area (Å²) in [4.78, 5) is 13.7. The number of amides is 2. The molecule has 0 bridgehead atoms. The van der Waals surface area contributed by atoms with Crippen molar-refractivity contribution in [3.05, 3.63) is 35.6 Å². The van der Waals surface area contributed by atoms with Crippen LogP contribution in [0, 0.1) is 6.92 Å². The molecular formula is C17H24N2O3. The van der Waals surface area contributed by atoms with Crippen molar-refractivity contribution in [3.63, 3.8) is 0 Å². The van der Waals surface area contributed by atoms with Crippen molar-refractivity contribution in [2.45, 2.75) is 39.3 Å². The predicted molar refractivity (Wildman–Crippen MR) is 86.8 cm³/mol. The monoisotopic (exact) mass is 304 g/mol. The summed E-state index contributed by atoms with van der Waals surface area (Å²) in [5, 5.41) is 13.3. The summed E-state index contributed by atoms with van der Waals surface area (Å²) in [5.41, 5.74) is 1.88. The molecule has 0 aliphatic carbocycles. The van der Waals surface area contributed by atoms with Gasteiger partial charge in [-0.25, -0.2) is 4.79 Å². The third-order valence-electron chi connectivity index (χ3n) is 3.84. The zero-order chi connectivity index (χ0) is 16.3. The Balaban J connectivity index is 2.05. The van der Waals surface area contributed by atoms with E-state index in [1.807, 2.05) is 38.1 Å². The summed E-state index contributed by atoms with van der Waals surface area (Å²) in [5.74, 6) is 0.776. The lowest BCUT2D eigenvalue weighted by Gasteiger charge is -2.21. The van der Waals surface area contributed by atoms with Crippen LogP contribution in [-0.4, -0.2) is 35.7 Å². The van der Waals surface area contributed by atoms with Crippen LogP contribution in [0.4, 0.5) is 4.79 Å². The van der Waals surface area contributed by atoms with Gasteiger partial charge in [0.25, 0.3) is 0 Å². The van der Waals surface area contributed by atoms with Crippen LogP contribution in [0.1, 0.15) is 37.6 Å². The third kappa shape index (κ3) is 3.60. The quantitative estimate of drug-likeness (QED) is 0.891. The van der Waals surface area contributed by atoms with Gasteiger partial charge < -0.3 is 19.7 Å². The highest BCUT2D eigenvalue weighted by atomic mass is 16.3. The summed E-state index contributed by atoms with van der Waals surface area (Å²) < 4.78 is 5.87. The maximum Gasteiger partial charge on any atom is 0.317 e. The molecule has 0 saturated carbocycles. The summed E-state index contributed by atoms with van der Waals surface area (Å²) >= 11 is 0. The lowest BCUT2D eigenvalue weighted by atomic mass is 10.1. The van der Waals surface area contributed by atoms with Gasteiger partial charge in [0.1, 0.15) is 11.3 Å². The average Bonchev–Trinajstić information content (AvgIpc) is 2.82. The Morgan fingerprint density at radius 1 is 1.36 bits per heavy atom. The first-order valence-corrected chi connectivity index (χ1v) is 7.58. The normalized spacial score (nSPS) is 13.9. The van der Waals surface area contributed by atoms with Crippen molar-refractivity contribution in [1.29, 1.82) is 0 Å². The topological polar surface area (TPSA) is 65.7 Å². The van der Waals surface area contributed by atoms with Crippen molar-refractivity contribution in [1.82, 2.24) is 10.2 Å². The number of furan rings is 1. The number of aliphatic hydroxyl groups is 1. The highest BCUT2D eigenvalue weighted by molar-refractivity contribution is 5.82. The summed E-state index contributed by atoms with van der Waals surface area (Å²) in [6, 6.07) is 7.46. The van der Waals surface area contributed by atoms with Gasteiger partial charge in [-0.05, 0) is 33.3 Å². The number of para-hydroxylation sites is 1. The molecule has 1 aromatic carbocycles. The molecule has 0 radical (unpaired) electrons. The first-order valence-electron chi connectivity index (χ1n) is 7.58. The number of carbonyl (C=O) groups excluding carboxylic acids is 1. The zero-order valence-electron chi connectivity index (χ0n) is 13.6. The lowest BCUT2D eigenvalue weighted by molar-refractivity contribution is 0.162. The zero-order valence-corrected chi connectivity index (χ0v) is 13.6. The van der Waals surface area contributed by atoms with E-state index in [0.717, 1.165) is 22.3 Å². The number of hydrogen-bond acceptors (Lipinski definition) is 3. The van der Waals surface area contributed by atoms with E-state index in [4.69, 9.17) is 4.42 Å². The Morgan fingerprint density at radius 3 is 2.68 bits per heavy atom. The van der Waals surface area contributed by atoms with E-state index in [2.05, 4.69) is 5.32 Å². The standard InChI is InChI=1S/C17H24N2O3/c1-11(20)9-10-19(4)17(21)18-13(3)16-12(2)14-7-5-6-8-15(14)22-16/h5-8,11,13,20H,9-10H2,1-4H3,(H,18,21). The van der Waals surface area contributed by atoms with Crippen LogP contribution in [0.5, 0.6) is 0 Å². The lowest BCUT2D eigenvalue weighted by Crippen LogP contribution is -2.39. The van der Waals surface area contributed by atoms with Crippen LogP contribution in [0.15, 0.2) is 28.7 Å². The van der Waals surface area contributed by atoms with Crippen molar-refractivity contribution >= 4 is 17.0 Å². The second-order valence-corrected chi connectivity index (χ2v) is 5.82. The van der Waals surface area contributed by atoms with Crippen LogP contribution in [0.25, 0.3) is 11.0 Å². The maximum absolute atomic E-state index is 12.2. The number of benzene rings is 1. The van der Waals surface area contributed by atoms with Gasteiger partial charge in [-0.2, -0.15) is 0 Å². The van der Waals surface area contributed by atoms with Crippen LogP contribution >= 0.6 is 0 Å². The molecule has 2 rings (SSSR count). The fraction of sp³-hybridized carbons (Fsp3) is 0.471. The molecule has 0 saturated heterocycles. The number of aliphatic hydroxyl groups excluding tert-OH is 1. The van der Waals surface area contributed by atoms with Gasteiger partial charge in [0.2, 0.25) is 0 Å². The molecule has 1 aromatic heterocycles. The van der Waals surface area contributed by atoms with Gasteiger partial charge in [-0.15, -0.1) is 0 Å². The maximum atomic E-state index is 12.2. The molecular weight excluding hydrogens is 280 g/mol. The second kappa shape index (κ2) is 6.83. The van der Waals surface area contributed by atoms with E-state index < -0.39 is 6.10 Å². The van der Waals surface area contributed by atoms with Crippen LogP contribution < -0.4 is 5.32 Å². The minimum absolute atomic E-state index is 0.173.